The molecule has 0 bridgehead atoms. The monoisotopic (exact) mass is 237 g/mol. The van der Waals surface area contributed by atoms with Crippen LogP contribution in [0.5, 0.6) is 0 Å². The van der Waals surface area contributed by atoms with Crippen LogP contribution in [0.15, 0.2) is 6.07 Å². The van der Waals surface area contributed by atoms with Gasteiger partial charge in [0, 0.05) is 25.6 Å². The fourth-order valence-corrected chi connectivity index (χ4v) is 1.49. The molecule has 1 aromatic heterocycles. The second-order valence-electron chi connectivity index (χ2n) is 4.54. The summed E-state index contributed by atoms with van der Waals surface area (Å²) >= 11 is 0. The Bertz CT molecular complexity index is 351. The Morgan fingerprint density at radius 3 is 2.65 bits per heavy atom. The van der Waals surface area contributed by atoms with Gasteiger partial charge in [-0.15, -0.1) is 0 Å². The van der Waals surface area contributed by atoms with Crippen molar-refractivity contribution in [2.24, 2.45) is 5.84 Å². The molecule has 0 aliphatic carbocycles. The van der Waals surface area contributed by atoms with E-state index < -0.39 is 0 Å². The zero-order valence-electron chi connectivity index (χ0n) is 11.2. The van der Waals surface area contributed by atoms with Crippen molar-refractivity contribution in [3.05, 3.63) is 11.9 Å². The molecule has 0 aliphatic heterocycles. The van der Waals surface area contributed by atoms with Gasteiger partial charge in [-0.3, -0.25) is 0 Å². The molecule has 1 heterocycles. The summed E-state index contributed by atoms with van der Waals surface area (Å²) in [6, 6.07) is 1.88. The number of hydrazine groups is 1. The van der Waals surface area contributed by atoms with E-state index in [0.29, 0.717) is 11.7 Å². The number of rotatable bonds is 6. The fraction of sp³-hybridized carbons (Fsp3) is 0.667. The zero-order valence-corrected chi connectivity index (χ0v) is 11.2. The molecule has 3 N–H and O–H groups in total. The average molecular weight is 237 g/mol. The van der Waals surface area contributed by atoms with E-state index in [-0.39, 0.29) is 0 Å². The van der Waals surface area contributed by atoms with Crippen molar-refractivity contribution < 1.29 is 0 Å². The lowest BCUT2D eigenvalue weighted by Gasteiger charge is -2.19. The molecule has 0 saturated heterocycles. The first-order valence-corrected chi connectivity index (χ1v) is 6.15. The molecule has 0 aromatic carbocycles. The first-order chi connectivity index (χ1) is 8.08. The number of nitrogens with zero attached hydrogens (tertiary/aromatic N) is 3. The van der Waals surface area contributed by atoms with E-state index >= 15 is 0 Å². The average Bonchev–Trinajstić information content (AvgIpc) is 2.35. The summed E-state index contributed by atoms with van der Waals surface area (Å²) in [6.07, 6.45) is 2.33. The Hall–Kier alpha value is -1.36. The zero-order chi connectivity index (χ0) is 12.8. The van der Waals surface area contributed by atoms with Crippen molar-refractivity contribution in [2.75, 3.05) is 23.9 Å². The summed E-state index contributed by atoms with van der Waals surface area (Å²) in [5, 5.41) is 0. The maximum absolute atomic E-state index is 5.43. The van der Waals surface area contributed by atoms with E-state index in [0.717, 1.165) is 24.6 Å². The molecule has 1 aromatic rings. The van der Waals surface area contributed by atoms with Crippen molar-refractivity contribution in [3.63, 3.8) is 0 Å². The summed E-state index contributed by atoms with van der Waals surface area (Å²) in [4.78, 5) is 11.0. The van der Waals surface area contributed by atoms with Crippen LogP contribution in [0, 0.1) is 0 Å². The van der Waals surface area contributed by atoms with E-state index in [9.17, 15) is 0 Å². The number of hydrogen-bond donors (Lipinski definition) is 2. The summed E-state index contributed by atoms with van der Waals surface area (Å²) in [6.45, 7) is 7.33. The SMILES string of the molecule is CCCCN(C)c1cc(NN)nc(C(C)C)n1. The van der Waals surface area contributed by atoms with E-state index in [4.69, 9.17) is 5.84 Å². The molecule has 0 unspecified atom stereocenters. The van der Waals surface area contributed by atoms with Gasteiger partial charge in [0.2, 0.25) is 0 Å². The van der Waals surface area contributed by atoms with Crippen molar-refractivity contribution >= 4 is 11.6 Å². The van der Waals surface area contributed by atoms with Gasteiger partial charge in [0.05, 0.1) is 0 Å². The molecular formula is C12H23N5. The summed E-state index contributed by atoms with van der Waals surface area (Å²) < 4.78 is 0. The molecule has 0 radical (unpaired) electrons. The Morgan fingerprint density at radius 2 is 2.12 bits per heavy atom. The highest BCUT2D eigenvalue weighted by Crippen LogP contribution is 2.18. The molecule has 1 rings (SSSR count). The van der Waals surface area contributed by atoms with Crippen molar-refractivity contribution in [3.8, 4) is 0 Å². The first kappa shape index (κ1) is 13.7. The van der Waals surface area contributed by atoms with Crippen LogP contribution in [-0.4, -0.2) is 23.6 Å². The van der Waals surface area contributed by atoms with Crippen LogP contribution < -0.4 is 16.2 Å². The van der Waals surface area contributed by atoms with Gasteiger partial charge in [-0.2, -0.15) is 0 Å². The van der Waals surface area contributed by atoms with Gasteiger partial charge in [0.15, 0.2) is 0 Å². The first-order valence-electron chi connectivity index (χ1n) is 6.15. The summed E-state index contributed by atoms with van der Waals surface area (Å²) in [5.74, 6) is 8.13. The van der Waals surface area contributed by atoms with Crippen LogP contribution in [0.4, 0.5) is 11.6 Å². The Balaban J connectivity index is 2.93. The van der Waals surface area contributed by atoms with Gasteiger partial charge in [-0.25, -0.2) is 15.8 Å². The van der Waals surface area contributed by atoms with E-state index in [2.05, 4.69) is 41.1 Å². The van der Waals surface area contributed by atoms with E-state index in [1.165, 1.54) is 6.42 Å². The number of nitrogen functional groups attached to an aromatic ring is 1. The van der Waals surface area contributed by atoms with Gasteiger partial charge >= 0.3 is 0 Å². The van der Waals surface area contributed by atoms with Crippen molar-refractivity contribution in [1.29, 1.82) is 0 Å². The van der Waals surface area contributed by atoms with Crippen molar-refractivity contribution in [1.82, 2.24) is 9.97 Å². The number of unbranched alkanes of at least 4 members (excludes halogenated alkanes) is 1. The molecule has 0 atom stereocenters. The fourth-order valence-electron chi connectivity index (χ4n) is 1.49. The minimum Gasteiger partial charge on any atom is -0.360 e. The second kappa shape index (κ2) is 6.39. The molecule has 96 valence electrons. The normalized spacial score (nSPS) is 10.7. The number of anilines is 2. The largest absolute Gasteiger partial charge is 0.360 e. The molecule has 17 heavy (non-hydrogen) atoms. The molecular weight excluding hydrogens is 214 g/mol. The lowest BCUT2D eigenvalue weighted by atomic mass is 10.2. The highest BCUT2D eigenvalue weighted by molar-refractivity contribution is 5.48. The lowest BCUT2D eigenvalue weighted by Crippen LogP contribution is -2.21. The Morgan fingerprint density at radius 1 is 1.41 bits per heavy atom. The molecule has 0 saturated carbocycles. The minimum atomic E-state index is 0.293. The van der Waals surface area contributed by atoms with Gasteiger partial charge in [0.1, 0.15) is 17.5 Å². The number of nitrogens with two attached hydrogens (primary N) is 1. The Labute approximate surface area is 103 Å². The van der Waals surface area contributed by atoms with Crippen LogP contribution in [0.1, 0.15) is 45.4 Å². The van der Waals surface area contributed by atoms with Crippen molar-refractivity contribution in [2.45, 2.75) is 39.5 Å². The highest BCUT2D eigenvalue weighted by atomic mass is 15.3. The van der Waals surface area contributed by atoms with E-state index in [1.807, 2.05) is 13.1 Å². The maximum Gasteiger partial charge on any atom is 0.145 e. The van der Waals surface area contributed by atoms with Crippen LogP contribution in [0.3, 0.4) is 0 Å². The Kier molecular flexibility index (Phi) is 5.15. The highest BCUT2D eigenvalue weighted by Gasteiger charge is 2.10. The topological polar surface area (TPSA) is 67.1 Å². The molecule has 0 spiro atoms. The van der Waals surface area contributed by atoms with Crippen LogP contribution in [0.2, 0.25) is 0 Å². The summed E-state index contributed by atoms with van der Waals surface area (Å²) in [5.41, 5.74) is 2.60. The quantitative estimate of drug-likeness (QED) is 0.586. The third kappa shape index (κ3) is 3.85. The molecule has 0 fully saturated rings. The number of aromatic nitrogens is 2. The van der Waals surface area contributed by atoms with Gasteiger partial charge in [0.25, 0.3) is 0 Å². The smallest absolute Gasteiger partial charge is 0.145 e. The molecule has 5 nitrogen and oxygen atoms in total. The number of nitrogens with one attached hydrogen (secondary N) is 1. The van der Waals surface area contributed by atoms with Gasteiger partial charge < -0.3 is 10.3 Å². The molecule has 0 aliphatic rings. The maximum atomic E-state index is 5.43. The predicted molar refractivity (Wildman–Crippen MR) is 72.1 cm³/mol. The molecule has 0 amide bonds. The molecule has 5 heteroatoms. The van der Waals surface area contributed by atoms with Crippen LogP contribution in [0.25, 0.3) is 0 Å². The minimum absolute atomic E-state index is 0.293. The van der Waals surface area contributed by atoms with E-state index in [1.54, 1.807) is 0 Å². The van der Waals surface area contributed by atoms with Gasteiger partial charge in [-0.1, -0.05) is 27.2 Å². The lowest BCUT2D eigenvalue weighted by molar-refractivity contribution is 0.736. The third-order valence-electron chi connectivity index (χ3n) is 2.63. The van der Waals surface area contributed by atoms with Crippen LogP contribution >= 0.6 is 0 Å². The predicted octanol–water partition coefficient (Wildman–Crippen LogP) is 2.12. The second-order valence-corrected chi connectivity index (χ2v) is 4.54. The standard InChI is InChI=1S/C12H23N5/c1-5-6-7-17(4)11-8-10(16-13)14-12(15-11)9(2)3/h8-9H,5-7,13H2,1-4H3,(H,14,15,16). The number of hydrogen-bond acceptors (Lipinski definition) is 5. The summed E-state index contributed by atoms with van der Waals surface area (Å²) in [7, 11) is 2.04. The third-order valence-corrected chi connectivity index (χ3v) is 2.63. The van der Waals surface area contributed by atoms with Gasteiger partial charge in [-0.05, 0) is 6.42 Å². The van der Waals surface area contributed by atoms with Crippen LogP contribution in [-0.2, 0) is 0 Å².